The normalized spacial score (nSPS) is 17.1. The van der Waals surface area contributed by atoms with E-state index in [1.807, 2.05) is 0 Å². The van der Waals surface area contributed by atoms with Crippen LogP contribution >= 0.6 is 0 Å². The number of hydrogen-bond donors (Lipinski definition) is 2. The summed E-state index contributed by atoms with van der Waals surface area (Å²) in [5.41, 5.74) is 2.86. The van der Waals surface area contributed by atoms with E-state index in [-0.39, 0.29) is 23.1 Å². The fourth-order valence-electron chi connectivity index (χ4n) is 2.86. The summed E-state index contributed by atoms with van der Waals surface area (Å²) in [6.07, 6.45) is 2.41. The molecular formula is C14H33N3O2S. The van der Waals surface area contributed by atoms with Gasteiger partial charge in [0.1, 0.15) is 9.84 Å². The van der Waals surface area contributed by atoms with Crippen LogP contribution in [0.15, 0.2) is 0 Å². The summed E-state index contributed by atoms with van der Waals surface area (Å²) in [6.45, 7) is 12.3. The molecule has 0 aromatic rings. The first-order valence-electron chi connectivity index (χ1n) is 7.72. The van der Waals surface area contributed by atoms with Crippen LogP contribution in [0.4, 0.5) is 0 Å². The summed E-state index contributed by atoms with van der Waals surface area (Å²) < 4.78 is 23.1. The zero-order valence-electron chi connectivity index (χ0n) is 13.8. The molecule has 0 fully saturated rings. The Morgan fingerprint density at radius 2 is 1.75 bits per heavy atom. The Labute approximate surface area is 125 Å². The maximum Gasteiger partial charge on any atom is 0.150 e. The molecule has 2 unspecified atom stereocenters. The van der Waals surface area contributed by atoms with Crippen molar-refractivity contribution < 1.29 is 8.42 Å². The van der Waals surface area contributed by atoms with Gasteiger partial charge in [0.2, 0.25) is 0 Å². The van der Waals surface area contributed by atoms with Gasteiger partial charge in [-0.25, -0.2) is 8.42 Å². The predicted octanol–water partition coefficient (Wildman–Crippen LogP) is 1.54. The van der Waals surface area contributed by atoms with Crippen LogP contribution in [-0.2, 0) is 9.84 Å². The van der Waals surface area contributed by atoms with E-state index in [9.17, 15) is 8.42 Å². The predicted molar refractivity (Wildman–Crippen MR) is 86.3 cm³/mol. The second-order valence-electron chi connectivity index (χ2n) is 5.48. The van der Waals surface area contributed by atoms with Crippen LogP contribution in [0.25, 0.3) is 0 Å². The van der Waals surface area contributed by atoms with Gasteiger partial charge in [0.15, 0.2) is 0 Å². The topological polar surface area (TPSA) is 75.4 Å². The van der Waals surface area contributed by atoms with Crippen molar-refractivity contribution in [3.8, 4) is 0 Å². The number of sulfone groups is 1. The molecule has 0 aliphatic carbocycles. The number of hydrazine groups is 1. The van der Waals surface area contributed by atoms with Crippen LogP contribution in [0.2, 0.25) is 0 Å². The van der Waals surface area contributed by atoms with E-state index in [1.165, 1.54) is 0 Å². The number of hydrogen-bond acceptors (Lipinski definition) is 5. The van der Waals surface area contributed by atoms with E-state index in [0.717, 1.165) is 25.9 Å². The molecule has 0 radical (unpaired) electrons. The number of nitrogens with zero attached hydrogens (tertiary/aromatic N) is 1. The molecular weight excluding hydrogens is 274 g/mol. The second kappa shape index (κ2) is 8.97. The molecule has 122 valence electrons. The molecule has 0 bridgehead atoms. The van der Waals surface area contributed by atoms with E-state index in [4.69, 9.17) is 5.84 Å². The number of likely N-dealkylation sites (N-methyl/N-ethyl adjacent to an activating group) is 1. The second-order valence-corrected chi connectivity index (χ2v) is 7.95. The lowest BCUT2D eigenvalue weighted by molar-refractivity contribution is 0.0665. The molecule has 0 saturated carbocycles. The Kier molecular flexibility index (Phi) is 8.90. The fourth-order valence-corrected chi connectivity index (χ4v) is 3.76. The Morgan fingerprint density at radius 1 is 1.20 bits per heavy atom. The molecule has 0 aromatic heterocycles. The molecule has 6 heteroatoms. The third kappa shape index (κ3) is 5.31. The van der Waals surface area contributed by atoms with Gasteiger partial charge in [-0.05, 0) is 39.3 Å². The highest BCUT2D eigenvalue weighted by Gasteiger charge is 2.36. The van der Waals surface area contributed by atoms with Gasteiger partial charge in [-0.2, -0.15) is 0 Å². The highest BCUT2D eigenvalue weighted by atomic mass is 32.2. The standard InChI is InChI=1S/C14H33N3O2S/c1-6-14(5,17(7-2)8-3)13(16-15)11-10-12-20(18,19)9-4/h13,16H,6-12,15H2,1-5H3. The van der Waals surface area contributed by atoms with E-state index in [1.54, 1.807) is 6.92 Å². The van der Waals surface area contributed by atoms with Gasteiger partial charge >= 0.3 is 0 Å². The third-order valence-electron chi connectivity index (χ3n) is 4.54. The molecule has 0 amide bonds. The summed E-state index contributed by atoms with van der Waals surface area (Å²) in [5.74, 6) is 6.20. The van der Waals surface area contributed by atoms with Gasteiger partial charge in [-0.3, -0.25) is 16.2 Å². The zero-order chi connectivity index (χ0) is 15.8. The molecule has 0 heterocycles. The Bertz CT molecular complexity index is 355. The average Bonchev–Trinajstić information content (AvgIpc) is 2.44. The largest absolute Gasteiger partial charge is 0.297 e. The molecule has 5 nitrogen and oxygen atoms in total. The number of rotatable bonds is 11. The van der Waals surface area contributed by atoms with Crippen LogP contribution in [0.1, 0.15) is 53.9 Å². The molecule has 0 rings (SSSR count). The zero-order valence-corrected chi connectivity index (χ0v) is 14.6. The molecule has 20 heavy (non-hydrogen) atoms. The first-order valence-corrected chi connectivity index (χ1v) is 9.54. The highest BCUT2D eigenvalue weighted by molar-refractivity contribution is 7.91. The van der Waals surface area contributed by atoms with Crippen LogP contribution in [0, 0.1) is 0 Å². The van der Waals surface area contributed by atoms with Gasteiger partial charge in [0.05, 0.1) is 5.75 Å². The van der Waals surface area contributed by atoms with E-state index in [2.05, 4.69) is 38.0 Å². The lowest BCUT2D eigenvalue weighted by Crippen LogP contribution is -2.60. The maximum atomic E-state index is 11.6. The van der Waals surface area contributed by atoms with Crippen molar-refractivity contribution >= 4 is 9.84 Å². The van der Waals surface area contributed by atoms with Gasteiger partial charge in [0.25, 0.3) is 0 Å². The summed E-state index contributed by atoms with van der Waals surface area (Å²) in [5, 5.41) is 0. The minimum absolute atomic E-state index is 0.0474. The lowest BCUT2D eigenvalue weighted by atomic mass is 9.85. The third-order valence-corrected chi connectivity index (χ3v) is 6.33. The van der Waals surface area contributed by atoms with Crippen LogP contribution in [-0.4, -0.2) is 49.5 Å². The van der Waals surface area contributed by atoms with Gasteiger partial charge in [-0.15, -0.1) is 0 Å². The van der Waals surface area contributed by atoms with Crippen molar-refractivity contribution in [3.63, 3.8) is 0 Å². The van der Waals surface area contributed by atoms with Crippen molar-refractivity contribution in [1.29, 1.82) is 0 Å². The SMILES string of the molecule is CCN(CC)C(C)(CC)C(CCCS(=O)(=O)CC)NN. The Morgan fingerprint density at radius 3 is 2.10 bits per heavy atom. The smallest absolute Gasteiger partial charge is 0.150 e. The molecule has 0 saturated heterocycles. The summed E-state index contributed by atoms with van der Waals surface area (Å²) in [7, 11) is -2.89. The van der Waals surface area contributed by atoms with Crippen molar-refractivity contribution in [2.45, 2.75) is 65.5 Å². The molecule has 0 aliphatic rings. The van der Waals surface area contributed by atoms with E-state index < -0.39 is 9.84 Å². The summed E-state index contributed by atoms with van der Waals surface area (Å²) >= 11 is 0. The van der Waals surface area contributed by atoms with Crippen molar-refractivity contribution in [1.82, 2.24) is 10.3 Å². The molecule has 3 N–H and O–H groups in total. The minimum atomic E-state index is -2.89. The highest BCUT2D eigenvalue weighted by Crippen LogP contribution is 2.26. The lowest BCUT2D eigenvalue weighted by Gasteiger charge is -2.45. The molecule has 0 aromatic carbocycles. The van der Waals surface area contributed by atoms with Crippen molar-refractivity contribution in [3.05, 3.63) is 0 Å². The van der Waals surface area contributed by atoms with Gasteiger partial charge in [-0.1, -0.05) is 27.7 Å². The Balaban J connectivity index is 4.78. The maximum absolute atomic E-state index is 11.6. The fraction of sp³-hybridized carbons (Fsp3) is 1.00. The molecule has 0 spiro atoms. The van der Waals surface area contributed by atoms with E-state index >= 15 is 0 Å². The minimum Gasteiger partial charge on any atom is -0.297 e. The summed E-state index contributed by atoms with van der Waals surface area (Å²) in [4.78, 5) is 2.39. The van der Waals surface area contributed by atoms with Gasteiger partial charge < -0.3 is 0 Å². The average molecular weight is 308 g/mol. The van der Waals surface area contributed by atoms with Gasteiger partial charge in [0, 0.05) is 17.3 Å². The quantitative estimate of drug-likeness (QED) is 0.447. The van der Waals surface area contributed by atoms with Crippen molar-refractivity contribution in [2.75, 3.05) is 24.6 Å². The Hall–Kier alpha value is -0.170. The van der Waals surface area contributed by atoms with Crippen LogP contribution in [0.5, 0.6) is 0 Å². The number of nitrogens with one attached hydrogen (secondary N) is 1. The van der Waals surface area contributed by atoms with E-state index in [0.29, 0.717) is 6.42 Å². The molecule has 0 aliphatic heterocycles. The molecule has 2 atom stereocenters. The monoisotopic (exact) mass is 307 g/mol. The summed E-state index contributed by atoms with van der Waals surface area (Å²) in [6, 6.07) is 0.0967. The first kappa shape index (κ1) is 19.8. The van der Waals surface area contributed by atoms with Crippen LogP contribution < -0.4 is 11.3 Å². The van der Waals surface area contributed by atoms with Crippen LogP contribution in [0.3, 0.4) is 0 Å². The van der Waals surface area contributed by atoms with Crippen molar-refractivity contribution in [2.24, 2.45) is 5.84 Å². The first-order chi connectivity index (χ1) is 9.31. The number of nitrogens with two attached hydrogens (primary N) is 1.